The highest BCUT2D eigenvalue weighted by Gasteiger charge is 2.41. The monoisotopic (exact) mass is 441 g/mol. The molecule has 1 amide bonds. The van der Waals surface area contributed by atoms with Gasteiger partial charge < -0.3 is 14.4 Å². The van der Waals surface area contributed by atoms with Crippen LogP contribution in [0.2, 0.25) is 0 Å². The average molecular weight is 441 g/mol. The number of hydrogen-bond acceptors (Lipinski definition) is 5. The standard InChI is InChI=1S/C20H16F5N3O3/c1-10(20(23,24)25)31-15-4-3-11(6-26)18(30-2)16(15)19(29)28-8-12(9-28)17-14(22)5-13(21)7-27-17/h3-5,7,10,12H,8-9H2,1-2H3/t10-/m0/s1. The Morgan fingerprint density at radius 2 is 2.00 bits per heavy atom. The summed E-state index contributed by atoms with van der Waals surface area (Å²) in [7, 11) is 1.17. The lowest BCUT2D eigenvalue weighted by atomic mass is 9.93. The lowest BCUT2D eigenvalue weighted by Crippen LogP contribution is -2.49. The van der Waals surface area contributed by atoms with Crippen LogP contribution in [0.1, 0.15) is 34.5 Å². The maximum atomic E-state index is 13.9. The van der Waals surface area contributed by atoms with E-state index in [1.807, 2.05) is 0 Å². The maximum absolute atomic E-state index is 13.9. The van der Waals surface area contributed by atoms with E-state index < -0.39 is 41.5 Å². The first kappa shape index (κ1) is 22.3. The normalized spacial score (nSPS) is 15.1. The summed E-state index contributed by atoms with van der Waals surface area (Å²) in [5.41, 5.74) is -0.435. The van der Waals surface area contributed by atoms with Crippen LogP contribution >= 0.6 is 0 Å². The lowest BCUT2D eigenvalue weighted by molar-refractivity contribution is -0.189. The number of likely N-dealkylation sites (tertiary alicyclic amines) is 1. The van der Waals surface area contributed by atoms with Gasteiger partial charge in [0.2, 0.25) is 0 Å². The molecule has 0 bridgehead atoms. The van der Waals surface area contributed by atoms with Crippen molar-refractivity contribution in [1.29, 1.82) is 5.26 Å². The van der Waals surface area contributed by atoms with Crippen molar-refractivity contribution >= 4 is 5.91 Å². The van der Waals surface area contributed by atoms with Crippen LogP contribution in [0.15, 0.2) is 24.4 Å². The van der Waals surface area contributed by atoms with E-state index in [9.17, 15) is 32.0 Å². The predicted octanol–water partition coefficient (Wildman–Crippen LogP) is 3.81. The number of pyridine rings is 1. The van der Waals surface area contributed by atoms with E-state index in [-0.39, 0.29) is 35.7 Å². The van der Waals surface area contributed by atoms with Crippen LogP contribution in [0.3, 0.4) is 0 Å². The van der Waals surface area contributed by atoms with Gasteiger partial charge in [0.1, 0.15) is 29.0 Å². The minimum absolute atomic E-state index is 0.0113. The van der Waals surface area contributed by atoms with Crippen LogP contribution in [-0.2, 0) is 0 Å². The minimum atomic E-state index is -4.69. The van der Waals surface area contributed by atoms with Crippen LogP contribution in [-0.4, -0.2) is 48.3 Å². The van der Waals surface area contributed by atoms with Crippen LogP contribution in [0.4, 0.5) is 22.0 Å². The SMILES string of the molecule is COc1c(C#N)ccc(O[C@@H](C)C(F)(F)F)c1C(=O)N1CC(c2ncc(F)cc2F)C1. The Morgan fingerprint density at radius 3 is 2.55 bits per heavy atom. The number of carbonyl (C=O) groups is 1. The molecule has 1 aliphatic rings. The molecule has 1 aromatic carbocycles. The molecule has 3 rings (SSSR count). The third-order valence-corrected chi connectivity index (χ3v) is 4.81. The Bertz CT molecular complexity index is 1050. The first-order valence-corrected chi connectivity index (χ1v) is 9.01. The number of amides is 1. The van der Waals surface area contributed by atoms with Gasteiger partial charge in [-0.25, -0.2) is 8.78 Å². The Labute approximate surface area is 173 Å². The molecular weight excluding hydrogens is 425 g/mol. The van der Waals surface area contributed by atoms with Gasteiger partial charge in [-0.1, -0.05) is 0 Å². The van der Waals surface area contributed by atoms with Crippen molar-refractivity contribution in [2.75, 3.05) is 20.2 Å². The number of nitrogens with zero attached hydrogens (tertiary/aromatic N) is 3. The van der Waals surface area contributed by atoms with Gasteiger partial charge >= 0.3 is 6.18 Å². The number of benzene rings is 1. The van der Waals surface area contributed by atoms with Gasteiger partial charge in [-0.2, -0.15) is 18.4 Å². The van der Waals surface area contributed by atoms with Crippen molar-refractivity contribution in [3.05, 3.63) is 52.9 Å². The molecule has 31 heavy (non-hydrogen) atoms. The molecule has 0 unspecified atom stereocenters. The summed E-state index contributed by atoms with van der Waals surface area (Å²) in [5.74, 6) is -3.60. The summed E-state index contributed by atoms with van der Waals surface area (Å²) in [4.78, 5) is 18.0. The molecule has 2 aromatic rings. The second-order valence-electron chi connectivity index (χ2n) is 6.86. The highest BCUT2D eigenvalue weighted by atomic mass is 19.4. The van der Waals surface area contributed by atoms with Gasteiger partial charge in [0.25, 0.3) is 5.91 Å². The summed E-state index contributed by atoms with van der Waals surface area (Å²) in [6.07, 6.45) is -6.06. The predicted molar refractivity (Wildman–Crippen MR) is 96.7 cm³/mol. The first-order chi connectivity index (χ1) is 14.6. The Kier molecular flexibility index (Phi) is 6.01. The van der Waals surface area contributed by atoms with Crippen molar-refractivity contribution in [2.45, 2.75) is 25.1 Å². The van der Waals surface area contributed by atoms with Crippen molar-refractivity contribution in [3.8, 4) is 17.6 Å². The summed E-state index contributed by atoms with van der Waals surface area (Å²) in [6, 6.07) is 4.76. The summed E-state index contributed by atoms with van der Waals surface area (Å²) >= 11 is 0. The third-order valence-electron chi connectivity index (χ3n) is 4.81. The fourth-order valence-electron chi connectivity index (χ4n) is 3.12. The van der Waals surface area contributed by atoms with E-state index in [1.165, 1.54) is 18.1 Å². The topological polar surface area (TPSA) is 75.5 Å². The molecule has 0 aliphatic carbocycles. The van der Waals surface area contributed by atoms with Gasteiger partial charge in [-0.15, -0.1) is 0 Å². The number of carbonyl (C=O) groups excluding carboxylic acids is 1. The number of methoxy groups -OCH3 is 1. The molecule has 1 fully saturated rings. The van der Waals surface area contributed by atoms with Crippen LogP contribution < -0.4 is 9.47 Å². The number of halogens is 5. The zero-order valence-corrected chi connectivity index (χ0v) is 16.3. The second kappa shape index (κ2) is 8.37. The number of rotatable bonds is 5. The Morgan fingerprint density at radius 1 is 1.32 bits per heavy atom. The first-order valence-electron chi connectivity index (χ1n) is 9.01. The largest absolute Gasteiger partial charge is 0.494 e. The Balaban J connectivity index is 1.90. The van der Waals surface area contributed by atoms with Crippen LogP contribution in [0, 0.1) is 23.0 Å². The fraction of sp³-hybridized carbons (Fsp3) is 0.350. The summed E-state index contributed by atoms with van der Waals surface area (Å²) < 4.78 is 75.9. The number of ether oxygens (including phenoxy) is 2. The van der Waals surface area contributed by atoms with Crippen molar-refractivity contribution in [2.24, 2.45) is 0 Å². The zero-order chi connectivity index (χ0) is 22.9. The van der Waals surface area contributed by atoms with Crippen molar-refractivity contribution in [3.63, 3.8) is 0 Å². The molecule has 0 N–H and O–H groups in total. The lowest BCUT2D eigenvalue weighted by Gasteiger charge is -2.39. The molecule has 0 spiro atoms. The van der Waals surface area contributed by atoms with Gasteiger partial charge in [-0.05, 0) is 19.1 Å². The van der Waals surface area contributed by atoms with Crippen molar-refractivity contribution in [1.82, 2.24) is 9.88 Å². The zero-order valence-electron chi connectivity index (χ0n) is 16.3. The molecule has 164 valence electrons. The molecule has 1 aliphatic heterocycles. The maximum Gasteiger partial charge on any atom is 0.425 e. The van der Waals surface area contributed by atoms with E-state index >= 15 is 0 Å². The number of alkyl halides is 3. The van der Waals surface area contributed by atoms with Crippen LogP contribution in [0.5, 0.6) is 11.5 Å². The average Bonchev–Trinajstić information content (AvgIpc) is 2.66. The van der Waals surface area contributed by atoms with Crippen LogP contribution in [0.25, 0.3) is 0 Å². The van der Waals surface area contributed by atoms with E-state index in [2.05, 4.69) is 4.98 Å². The smallest absolute Gasteiger partial charge is 0.425 e. The highest BCUT2D eigenvalue weighted by Crippen LogP contribution is 2.38. The van der Waals surface area contributed by atoms with Gasteiger partial charge in [0.05, 0.1) is 24.6 Å². The van der Waals surface area contributed by atoms with E-state index in [4.69, 9.17) is 9.47 Å². The van der Waals surface area contributed by atoms with Gasteiger partial charge in [0.15, 0.2) is 11.9 Å². The molecule has 0 saturated carbocycles. The number of hydrogen-bond donors (Lipinski definition) is 0. The minimum Gasteiger partial charge on any atom is -0.494 e. The van der Waals surface area contributed by atoms with Gasteiger partial charge in [0, 0.05) is 25.1 Å². The highest BCUT2D eigenvalue weighted by molar-refractivity contribution is 6.01. The second-order valence-corrected chi connectivity index (χ2v) is 6.86. The number of aromatic nitrogens is 1. The summed E-state index contributed by atoms with van der Waals surface area (Å²) in [5, 5.41) is 9.25. The third kappa shape index (κ3) is 4.38. The molecule has 0 radical (unpaired) electrons. The number of nitriles is 1. The van der Waals surface area contributed by atoms with E-state index in [0.29, 0.717) is 6.07 Å². The molecular formula is C20H16F5N3O3. The molecule has 1 saturated heterocycles. The quantitative estimate of drug-likeness (QED) is 0.660. The van der Waals surface area contributed by atoms with Gasteiger partial charge in [-0.3, -0.25) is 9.78 Å². The van der Waals surface area contributed by atoms with E-state index in [1.54, 1.807) is 6.07 Å². The molecule has 11 heteroatoms. The molecule has 1 aromatic heterocycles. The molecule has 1 atom stereocenters. The fourth-order valence-corrected chi connectivity index (χ4v) is 3.12. The Hall–Kier alpha value is -3.42. The molecule has 6 nitrogen and oxygen atoms in total. The summed E-state index contributed by atoms with van der Waals surface area (Å²) in [6.45, 7) is 0.757. The van der Waals surface area contributed by atoms with E-state index in [0.717, 1.165) is 19.2 Å². The molecule has 2 heterocycles. The van der Waals surface area contributed by atoms with Crippen molar-refractivity contribution < 1.29 is 36.2 Å².